The van der Waals surface area contributed by atoms with Crippen molar-refractivity contribution in [2.75, 3.05) is 19.0 Å². The zero-order chi connectivity index (χ0) is 24.2. The van der Waals surface area contributed by atoms with Crippen molar-refractivity contribution in [1.29, 1.82) is 0 Å². The van der Waals surface area contributed by atoms with Crippen LogP contribution in [0.15, 0.2) is 36.7 Å². The van der Waals surface area contributed by atoms with E-state index in [9.17, 15) is 19.1 Å². The molecule has 9 nitrogen and oxygen atoms in total. The van der Waals surface area contributed by atoms with E-state index in [2.05, 4.69) is 15.3 Å². The maximum Gasteiger partial charge on any atom is 0.320 e. The van der Waals surface area contributed by atoms with Gasteiger partial charge < -0.3 is 29.5 Å². The van der Waals surface area contributed by atoms with E-state index in [1.807, 2.05) is 0 Å². The quantitative estimate of drug-likeness (QED) is 0.366. The highest BCUT2D eigenvalue weighted by molar-refractivity contribution is 6.64. The summed E-state index contributed by atoms with van der Waals surface area (Å²) in [5.74, 6) is -0.500. The third-order valence-electron chi connectivity index (χ3n) is 5.68. The van der Waals surface area contributed by atoms with Gasteiger partial charge in [-0.25, -0.2) is 14.4 Å². The Balaban J connectivity index is 1.65. The lowest BCUT2D eigenvalue weighted by molar-refractivity contribution is -0.143. The van der Waals surface area contributed by atoms with E-state index in [0.717, 1.165) is 0 Å². The number of carboxylic acid groups (broad SMARTS) is 1. The largest absolute Gasteiger partial charge is 0.493 e. The van der Waals surface area contributed by atoms with Gasteiger partial charge in [-0.15, -0.1) is 0 Å². The molecule has 1 aliphatic heterocycles. The number of carbonyl (C=O) groups excluding carboxylic acids is 1. The van der Waals surface area contributed by atoms with Gasteiger partial charge in [0.1, 0.15) is 24.3 Å². The second-order valence-corrected chi connectivity index (χ2v) is 8.16. The second kappa shape index (κ2) is 10.2. The summed E-state index contributed by atoms with van der Waals surface area (Å²) in [5.41, 5.74) is 0.686. The van der Waals surface area contributed by atoms with Gasteiger partial charge in [-0.3, -0.25) is 4.79 Å². The molecule has 0 aliphatic carbocycles. The van der Waals surface area contributed by atoms with Crippen molar-refractivity contribution in [1.82, 2.24) is 14.8 Å². The fourth-order valence-electron chi connectivity index (χ4n) is 3.98. The number of ether oxygens (including phenoxy) is 2. The summed E-state index contributed by atoms with van der Waals surface area (Å²) in [4.78, 5) is 32.7. The number of anilines is 2. The maximum atomic E-state index is 14.4. The van der Waals surface area contributed by atoms with Crippen LogP contribution in [0.25, 0.3) is 10.9 Å². The molecule has 0 saturated carbocycles. The van der Waals surface area contributed by atoms with Gasteiger partial charge in [0.25, 0.3) is 7.41 Å². The molecule has 176 valence electrons. The van der Waals surface area contributed by atoms with Crippen LogP contribution in [0.5, 0.6) is 11.5 Å². The molecular weight excluding hydrogens is 466 g/mol. The first-order valence-electron chi connectivity index (χ1n) is 10.5. The first-order valence-corrected chi connectivity index (χ1v) is 10.9. The minimum absolute atomic E-state index is 0.0250. The van der Waals surface area contributed by atoms with Gasteiger partial charge in [0.2, 0.25) is 0 Å². The van der Waals surface area contributed by atoms with Gasteiger partial charge in [0.15, 0.2) is 17.3 Å². The van der Waals surface area contributed by atoms with Crippen molar-refractivity contribution >= 4 is 53.6 Å². The summed E-state index contributed by atoms with van der Waals surface area (Å²) in [6.07, 6.45) is 2.35. The molecule has 1 aliphatic rings. The first-order chi connectivity index (χ1) is 16.4. The number of benzene rings is 2. The summed E-state index contributed by atoms with van der Waals surface area (Å²) in [7, 11) is 1.54. The van der Waals surface area contributed by atoms with Gasteiger partial charge in [-0.05, 0) is 31.2 Å². The number of methoxy groups -OCH3 is 1. The van der Waals surface area contributed by atoms with Crippen molar-refractivity contribution < 1.29 is 28.6 Å². The molecule has 1 fully saturated rings. The Morgan fingerprint density at radius 2 is 2.18 bits per heavy atom. The number of fused-ring (bicyclic) bond motifs is 1. The normalized spacial score (nSPS) is 18.3. The summed E-state index contributed by atoms with van der Waals surface area (Å²) < 4.78 is 26.1. The highest BCUT2D eigenvalue weighted by Gasteiger charge is 2.34. The Labute approximate surface area is 200 Å². The van der Waals surface area contributed by atoms with E-state index in [1.54, 1.807) is 23.0 Å². The molecule has 0 radical (unpaired) electrons. The van der Waals surface area contributed by atoms with Gasteiger partial charge in [0.05, 0.1) is 29.5 Å². The van der Waals surface area contributed by atoms with Crippen LogP contribution in [-0.2, 0) is 9.59 Å². The van der Waals surface area contributed by atoms with Crippen molar-refractivity contribution in [3.05, 3.63) is 47.5 Å². The number of nitrogens with zero attached hydrogens (tertiary/aromatic N) is 3. The summed E-state index contributed by atoms with van der Waals surface area (Å²) in [6.45, 7) is 0.403. The van der Waals surface area contributed by atoms with Crippen LogP contribution in [0.3, 0.4) is 0 Å². The number of aliphatic carboxylic acids is 1. The molecule has 0 amide bonds. The predicted molar refractivity (Wildman–Crippen MR) is 126 cm³/mol. The summed E-state index contributed by atoms with van der Waals surface area (Å²) in [5, 5.41) is 13.0. The average molecular weight is 487 g/mol. The first kappa shape index (κ1) is 23.7. The number of piperidine rings is 1. The Bertz CT molecular complexity index is 1230. The topological polar surface area (TPSA) is 114 Å². The van der Waals surface area contributed by atoms with Gasteiger partial charge in [-0.1, -0.05) is 17.7 Å². The lowest BCUT2D eigenvalue weighted by Gasteiger charge is -2.36. The average Bonchev–Trinajstić information content (AvgIpc) is 2.83. The molecule has 1 saturated heterocycles. The zero-order valence-electron chi connectivity index (χ0n) is 18.2. The van der Waals surface area contributed by atoms with E-state index in [4.69, 9.17) is 21.1 Å². The van der Waals surface area contributed by atoms with Gasteiger partial charge in [-0.2, -0.15) is 0 Å². The van der Waals surface area contributed by atoms with Crippen molar-refractivity contribution in [3.63, 3.8) is 0 Å². The molecule has 1 aromatic heterocycles. The number of carboxylic acids is 1. The molecular formula is C22H21BClFN4O5. The van der Waals surface area contributed by atoms with E-state index >= 15 is 0 Å². The highest BCUT2D eigenvalue weighted by atomic mass is 35.5. The fourth-order valence-corrected chi connectivity index (χ4v) is 4.16. The van der Waals surface area contributed by atoms with Crippen LogP contribution in [0.1, 0.15) is 12.8 Å². The standard InChI is InChI=1S/C22H21BClFN4O5/c1-33-18-9-16-13(21(27-11-26-16)28-15-4-2-3-14(24)20(15)25)8-19(18)34-12-5-6-29(23-10-30)17(7-12)22(31)32/h2-4,8-12,17,23H,5-7H2,1H3,(H,31,32)(H,26,27,28)/t12-,17-/m1/s1. The zero-order valence-corrected chi connectivity index (χ0v) is 19.0. The third kappa shape index (κ3) is 4.90. The lowest BCUT2D eigenvalue weighted by atomic mass is 9.85. The molecule has 0 spiro atoms. The van der Waals surface area contributed by atoms with Crippen molar-refractivity contribution in [3.8, 4) is 11.5 Å². The molecule has 34 heavy (non-hydrogen) atoms. The molecule has 0 unspecified atom stereocenters. The van der Waals surface area contributed by atoms with Crippen molar-refractivity contribution in [2.24, 2.45) is 0 Å². The molecule has 0 bridgehead atoms. The molecule has 12 heteroatoms. The summed E-state index contributed by atoms with van der Waals surface area (Å²) in [6, 6.07) is 7.11. The second-order valence-electron chi connectivity index (χ2n) is 7.75. The summed E-state index contributed by atoms with van der Waals surface area (Å²) >= 11 is 5.89. The van der Waals surface area contributed by atoms with E-state index in [1.165, 1.54) is 25.6 Å². The van der Waals surface area contributed by atoms with Crippen LogP contribution >= 0.6 is 11.6 Å². The fraction of sp³-hybridized carbons (Fsp3) is 0.273. The van der Waals surface area contributed by atoms with Crippen LogP contribution < -0.4 is 14.8 Å². The maximum absolute atomic E-state index is 14.4. The number of halogens is 2. The minimum Gasteiger partial charge on any atom is -0.493 e. The Morgan fingerprint density at radius 3 is 2.91 bits per heavy atom. The molecule has 4 rings (SSSR count). The molecule has 3 aromatic rings. The highest BCUT2D eigenvalue weighted by Crippen LogP contribution is 2.37. The van der Waals surface area contributed by atoms with Gasteiger partial charge in [0, 0.05) is 17.9 Å². The Morgan fingerprint density at radius 1 is 1.35 bits per heavy atom. The number of hydrogen-bond acceptors (Lipinski definition) is 8. The van der Waals surface area contributed by atoms with Crippen molar-refractivity contribution in [2.45, 2.75) is 25.0 Å². The number of rotatable bonds is 8. The smallest absolute Gasteiger partial charge is 0.320 e. The monoisotopic (exact) mass is 486 g/mol. The third-order valence-corrected chi connectivity index (χ3v) is 5.97. The molecule has 2 heterocycles. The van der Waals surface area contributed by atoms with Crippen LogP contribution in [-0.4, -0.2) is 65.3 Å². The van der Waals surface area contributed by atoms with E-state index < -0.39 is 23.9 Å². The SMILES string of the molecule is COc1cc2ncnc(Nc3cccc(Cl)c3F)c2cc1O[C@@H]1CCN(BC=O)[C@@H](C(=O)O)C1. The number of hydrogen-bond donors (Lipinski definition) is 2. The van der Waals surface area contributed by atoms with Crippen LogP contribution in [0.4, 0.5) is 15.9 Å². The number of carbonyl (C=O) groups is 2. The number of nitrogens with one attached hydrogen (secondary N) is 1. The molecule has 2 N–H and O–H groups in total. The minimum atomic E-state index is -1.01. The Hall–Kier alpha value is -3.44. The molecule has 2 aromatic carbocycles. The van der Waals surface area contributed by atoms with Crippen LogP contribution in [0.2, 0.25) is 5.02 Å². The predicted octanol–water partition coefficient (Wildman–Crippen LogP) is 3.01. The van der Waals surface area contributed by atoms with Gasteiger partial charge >= 0.3 is 5.97 Å². The van der Waals surface area contributed by atoms with Crippen LogP contribution in [0, 0.1) is 5.82 Å². The number of aromatic nitrogens is 2. The van der Waals surface area contributed by atoms with E-state index in [-0.39, 0.29) is 24.5 Å². The Kier molecular flexibility index (Phi) is 7.13. The lowest BCUT2D eigenvalue weighted by Crippen LogP contribution is -2.51. The molecule has 2 atom stereocenters. The van der Waals surface area contributed by atoms with E-state index in [0.29, 0.717) is 47.4 Å².